The number of nitrogens with zero attached hydrogens (tertiary/aromatic N) is 3. The van der Waals surface area contributed by atoms with E-state index in [-0.39, 0.29) is 11.3 Å². The van der Waals surface area contributed by atoms with Crippen molar-refractivity contribution in [3.63, 3.8) is 0 Å². The first-order valence-electron chi connectivity index (χ1n) is 7.99. The third kappa shape index (κ3) is 3.91. The molecule has 0 aliphatic carbocycles. The maximum atomic E-state index is 12.7. The predicted molar refractivity (Wildman–Crippen MR) is 91.5 cm³/mol. The van der Waals surface area contributed by atoms with E-state index < -0.39 is 5.97 Å². The molecule has 0 radical (unpaired) electrons. The largest absolute Gasteiger partial charge is 0.478 e. The van der Waals surface area contributed by atoms with Crippen LogP contribution < -0.4 is 5.69 Å². The summed E-state index contributed by atoms with van der Waals surface area (Å²) in [6.45, 7) is 7.74. The SMILES string of the molecule is CCOCCn1c(=O)n(CCC=C(C)C)c2cc(C(=O)O)cnc21. The van der Waals surface area contributed by atoms with Crippen molar-refractivity contribution in [2.24, 2.45) is 0 Å². The van der Waals surface area contributed by atoms with Crippen LogP contribution in [0.1, 0.15) is 37.6 Å². The van der Waals surface area contributed by atoms with Gasteiger partial charge in [0, 0.05) is 19.3 Å². The Morgan fingerprint density at radius 3 is 2.71 bits per heavy atom. The molecule has 7 nitrogen and oxygen atoms in total. The second-order valence-corrected chi connectivity index (χ2v) is 5.72. The number of ether oxygens (including phenoxy) is 1. The van der Waals surface area contributed by atoms with Gasteiger partial charge in [-0.2, -0.15) is 0 Å². The van der Waals surface area contributed by atoms with Gasteiger partial charge in [-0.25, -0.2) is 14.6 Å². The number of hydrogen-bond acceptors (Lipinski definition) is 4. The minimum atomic E-state index is -1.06. The van der Waals surface area contributed by atoms with Gasteiger partial charge in [-0.1, -0.05) is 11.6 Å². The molecule has 0 unspecified atom stereocenters. The minimum absolute atomic E-state index is 0.0698. The van der Waals surface area contributed by atoms with Crippen LogP contribution in [0.4, 0.5) is 0 Å². The fourth-order valence-corrected chi connectivity index (χ4v) is 2.51. The van der Waals surface area contributed by atoms with Gasteiger partial charge in [-0.05, 0) is 33.3 Å². The van der Waals surface area contributed by atoms with Gasteiger partial charge >= 0.3 is 11.7 Å². The molecule has 0 atom stereocenters. The molecule has 2 rings (SSSR count). The van der Waals surface area contributed by atoms with E-state index in [9.17, 15) is 9.59 Å². The molecule has 0 aliphatic heterocycles. The number of imidazole rings is 1. The lowest BCUT2D eigenvalue weighted by molar-refractivity contribution is 0.0696. The number of rotatable bonds is 8. The fraction of sp³-hybridized carbons (Fsp3) is 0.471. The van der Waals surface area contributed by atoms with Crippen molar-refractivity contribution >= 4 is 17.1 Å². The van der Waals surface area contributed by atoms with Crippen LogP contribution in [0.3, 0.4) is 0 Å². The Morgan fingerprint density at radius 2 is 2.08 bits per heavy atom. The van der Waals surface area contributed by atoms with Crippen molar-refractivity contribution < 1.29 is 14.6 Å². The summed E-state index contributed by atoms with van der Waals surface area (Å²) in [7, 11) is 0. The Bertz CT molecular complexity index is 813. The summed E-state index contributed by atoms with van der Waals surface area (Å²) in [5.74, 6) is -1.06. The van der Waals surface area contributed by atoms with Crippen molar-refractivity contribution in [1.82, 2.24) is 14.1 Å². The zero-order chi connectivity index (χ0) is 17.7. The topological polar surface area (TPSA) is 86.3 Å². The molecular formula is C17H23N3O4. The van der Waals surface area contributed by atoms with Crippen LogP contribution in [-0.4, -0.2) is 38.4 Å². The van der Waals surface area contributed by atoms with Gasteiger partial charge in [0.25, 0.3) is 0 Å². The highest BCUT2D eigenvalue weighted by Gasteiger charge is 2.16. The van der Waals surface area contributed by atoms with Crippen molar-refractivity contribution in [2.75, 3.05) is 13.2 Å². The van der Waals surface area contributed by atoms with E-state index in [1.807, 2.05) is 26.8 Å². The number of hydrogen-bond donors (Lipinski definition) is 1. The summed E-state index contributed by atoms with van der Waals surface area (Å²) in [4.78, 5) is 28.1. The van der Waals surface area contributed by atoms with Gasteiger partial charge in [0.15, 0.2) is 5.65 Å². The molecule has 7 heteroatoms. The molecule has 24 heavy (non-hydrogen) atoms. The van der Waals surface area contributed by atoms with Crippen molar-refractivity contribution in [1.29, 1.82) is 0 Å². The van der Waals surface area contributed by atoms with Crippen molar-refractivity contribution in [2.45, 2.75) is 40.3 Å². The number of carboxylic acid groups (broad SMARTS) is 1. The summed E-state index contributed by atoms with van der Waals surface area (Å²) in [5.41, 5.74) is 2.08. The van der Waals surface area contributed by atoms with Gasteiger partial charge in [0.1, 0.15) is 0 Å². The van der Waals surface area contributed by atoms with Gasteiger partial charge in [-0.3, -0.25) is 9.13 Å². The number of fused-ring (bicyclic) bond motifs is 1. The van der Waals surface area contributed by atoms with Crippen LogP contribution in [-0.2, 0) is 17.8 Å². The number of aryl methyl sites for hydroxylation is 1. The van der Waals surface area contributed by atoms with Crippen molar-refractivity contribution in [3.05, 3.63) is 40.0 Å². The molecule has 0 saturated heterocycles. The minimum Gasteiger partial charge on any atom is -0.478 e. The highest BCUT2D eigenvalue weighted by atomic mass is 16.5. The molecule has 0 aliphatic rings. The highest BCUT2D eigenvalue weighted by molar-refractivity contribution is 5.90. The van der Waals surface area contributed by atoms with E-state index in [0.29, 0.717) is 43.9 Å². The maximum absolute atomic E-state index is 12.7. The number of aromatic nitrogens is 3. The highest BCUT2D eigenvalue weighted by Crippen LogP contribution is 2.14. The summed E-state index contributed by atoms with van der Waals surface area (Å²) in [6.07, 6.45) is 4.02. The second kappa shape index (κ2) is 7.92. The number of carbonyl (C=O) groups is 1. The van der Waals surface area contributed by atoms with E-state index in [2.05, 4.69) is 4.98 Å². The third-order valence-corrected chi connectivity index (χ3v) is 3.67. The number of aromatic carboxylic acids is 1. The molecular weight excluding hydrogens is 310 g/mol. The van der Waals surface area contributed by atoms with Gasteiger partial charge in [0.05, 0.1) is 24.2 Å². The molecule has 1 N–H and O–H groups in total. The van der Waals surface area contributed by atoms with Crippen LogP contribution >= 0.6 is 0 Å². The lowest BCUT2D eigenvalue weighted by Gasteiger charge is -2.02. The van der Waals surface area contributed by atoms with Crippen LogP contribution in [0, 0.1) is 0 Å². The van der Waals surface area contributed by atoms with Crippen LogP contribution in [0.2, 0.25) is 0 Å². The Hall–Kier alpha value is -2.41. The van der Waals surface area contributed by atoms with Gasteiger partial charge < -0.3 is 9.84 Å². The van der Waals surface area contributed by atoms with Crippen LogP contribution in [0.5, 0.6) is 0 Å². The molecule has 0 aromatic carbocycles. The normalized spacial score (nSPS) is 11.0. The first-order valence-corrected chi connectivity index (χ1v) is 7.99. The average Bonchev–Trinajstić information content (AvgIpc) is 2.79. The van der Waals surface area contributed by atoms with E-state index >= 15 is 0 Å². The third-order valence-electron chi connectivity index (χ3n) is 3.67. The Balaban J connectivity index is 2.49. The smallest absolute Gasteiger partial charge is 0.337 e. The summed E-state index contributed by atoms with van der Waals surface area (Å²) >= 11 is 0. The molecule has 130 valence electrons. The summed E-state index contributed by atoms with van der Waals surface area (Å²) in [5, 5.41) is 9.17. The zero-order valence-corrected chi connectivity index (χ0v) is 14.3. The summed E-state index contributed by atoms with van der Waals surface area (Å²) < 4.78 is 8.45. The predicted octanol–water partition coefficient (Wildman–Crippen LogP) is 2.29. The molecule has 0 spiro atoms. The summed E-state index contributed by atoms with van der Waals surface area (Å²) in [6, 6.07) is 1.51. The Kier molecular flexibility index (Phi) is 5.92. The number of carboxylic acids is 1. The van der Waals surface area contributed by atoms with Crippen LogP contribution in [0.25, 0.3) is 11.2 Å². The standard InChI is InChI=1S/C17H23N3O4/c1-4-24-9-8-20-15-14(10-13(11-18-15)16(21)22)19(17(20)23)7-5-6-12(2)3/h6,10-11H,4-5,7-9H2,1-3H3,(H,21,22). The lowest BCUT2D eigenvalue weighted by atomic mass is 10.2. The zero-order valence-electron chi connectivity index (χ0n) is 14.3. The number of pyridine rings is 1. The fourth-order valence-electron chi connectivity index (χ4n) is 2.51. The van der Waals surface area contributed by atoms with E-state index in [1.165, 1.54) is 17.8 Å². The molecule has 2 heterocycles. The van der Waals surface area contributed by atoms with E-state index in [1.54, 1.807) is 9.13 Å². The first-order chi connectivity index (χ1) is 11.5. The average molecular weight is 333 g/mol. The van der Waals surface area contributed by atoms with Gasteiger partial charge in [0.2, 0.25) is 0 Å². The quantitative estimate of drug-likeness (QED) is 0.592. The van der Waals surface area contributed by atoms with E-state index in [4.69, 9.17) is 9.84 Å². The second-order valence-electron chi connectivity index (χ2n) is 5.72. The Morgan fingerprint density at radius 1 is 1.33 bits per heavy atom. The number of allylic oxidation sites excluding steroid dienone is 2. The molecule has 2 aromatic rings. The Labute approximate surface area is 140 Å². The monoisotopic (exact) mass is 333 g/mol. The first kappa shape index (κ1) is 17.9. The maximum Gasteiger partial charge on any atom is 0.337 e. The van der Waals surface area contributed by atoms with Crippen molar-refractivity contribution in [3.8, 4) is 0 Å². The molecule has 0 saturated carbocycles. The van der Waals surface area contributed by atoms with Crippen LogP contribution in [0.15, 0.2) is 28.7 Å². The lowest BCUT2D eigenvalue weighted by Crippen LogP contribution is -2.26. The van der Waals surface area contributed by atoms with Gasteiger partial charge in [-0.15, -0.1) is 0 Å². The molecule has 2 aromatic heterocycles. The van der Waals surface area contributed by atoms with E-state index in [0.717, 1.165) is 0 Å². The molecule has 0 amide bonds. The molecule has 0 bridgehead atoms. The molecule has 0 fully saturated rings.